The molecule has 1 unspecified atom stereocenters. The summed E-state index contributed by atoms with van der Waals surface area (Å²) < 4.78 is 46.3. The molecule has 0 aliphatic rings. The largest absolute Gasteiger partial charge is 0.371 e. The standard InChI is InChI=1S/C3H2Cl2F4O/c4-2(6,1-10-9)3(5,7)8/h1H2. The number of rotatable bonds is 3. The van der Waals surface area contributed by atoms with Gasteiger partial charge in [-0.15, -0.1) is 0 Å². The summed E-state index contributed by atoms with van der Waals surface area (Å²) in [6.07, 6.45) is 0. The first-order valence-electron chi connectivity index (χ1n) is 1.99. The van der Waals surface area contributed by atoms with E-state index in [0.717, 1.165) is 0 Å². The smallest absolute Gasteiger partial charge is 0.215 e. The summed E-state index contributed by atoms with van der Waals surface area (Å²) in [6.45, 7) is -1.62. The van der Waals surface area contributed by atoms with Crippen molar-refractivity contribution in [1.29, 1.82) is 0 Å². The maximum Gasteiger partial charge on any atom is 0.371 e. The van der Waals surface area contributed by atoms with Crippen LogP contribution in [-0.2, 0) is 4.94 Å². The molecule has 0 aliphatic heterocycles. The number of alkyl halides is 5. The van der Waals surface area contributed by atoms with Crippen LogP contribution in [0.25, 0.3) is 0 Å². The molecular formula is C3H2Cl2F4O. The van der Waals surface area contributed by atoms with Gasteiger partial charge in [0.2, 0.25) is 0 Å². The highest BCUT2D eigenvalue weighted by Crippen LogP contribution is 2.39. The molecule has 0 fully saturated rings. The summed E-state index contributed by atoms with van der Waals surface area (Å²) in [5.74, 6) is 0. The Morgan fingerprint density at radius 2 is 1.60 bits per heavy atom. The molecule has 1 nitrogen and oxygen atoms in total. The topological polar surface area (TPSA) is 9.23 Å². The van der Waals surface area contributed by atoms with Gasteiger partial charge in [0.05, 0.1) is 0 Å². The van der Waals surface area contributed by atoms with Crippen molar-refractivity contribution in [2.24, 2.45) is 0 Å². The number of hydrogen-bond acceptors (Lipinski definition) is 1. The zero-order valence-electron chi connectivity index (χ0n) is 4.38. The Balaban J connectivity index is 4.10. The van der Waals surface area contributed by atoms with Gasteiger partial charge < -0.3 is 0 Å². The fourth-order valence-corrected chi connectivity index (χ4v) is 0.246. The minimum absolute atomic E-state index is 1.62. The van der Waals surface area contributed by atoms with Crippen LogP contribution in [0.2, 0.25) is 0 Å². The Bertz CT molecular complexity index is 112. The van der Waals surface area contributed by atoms with Crippen LogP contribution in [0.15, 0.2) is 0 Å². The second-order valence-electron chi connectivity index (χ2n) is 1.46. The molecule has 1 atom stereocenters. The third-order valence-electron chi connectivity index (χ3n) is 0.651. The van der Waals surface area contributed by atoms with E-state index in [4.69, 9.17) is 0 Å². The van der Waals surface area contributed by atoms with E-state index >= 15 is 0 Å². The molecule has 0 amide bonds. The fraction of sp³-hybridized carbons (Fsp3) is 1.00. The maximum absolute atomic E-state index is 12.1. The van der Waals surface area contributed by atoms with E-state index in [0.29, 0.717) is 0 Å². The maximum atomic E-state index is 12.1. The molecular weight excluding hydrogens is 199 g/mol. The summed E-state index contributed by atoms with van der Waals surface area (Å²) >= 11 is 8.52. The molecule has 62 valence electrons. The molecule has 0 aromatic rings. The van der Waals surface area contributed by atoms with E-state index in [1.807, 2.05) is 0 Å². The lowest BCUT2D eigenvalue weighted by molar-refractivity contribution is -0.179. The van der Waals surface area contributed by atoms with Gasteiger partial charge in [-0.3, -0.25) is 0 Å². The van der Waals surface area contributed by atoms with Crippen molar-refractivity contribution >= 4 is 23.2 Å². The molecule has 0 saturated heterocycles. The lowest BCUT2D eigenvalue weighted by atomic mass is 10.4. The predicted molar refractivity (Wildman–Crippen MR) is 27.6 cm³/mol. The molecule has 0 rings (SSSR count). The first kappa shape index (κ1) is 10.3. The van der Waals surface area contributed by atoms with Crippen molar-refractivity contribution in [3.8, 4) is 0 Å². The van der Waals surface area contributed by atoms with Crippen molar-refractivity contribution in [2.45, 2.75) is 10.5 Å². The monoisotopic (exact) mass is 200 g/mol. The van der Waals surface area contributed by atoms with Gasteiger partial charge in [-0.2, -0.15) is 13.7 Å². The van der Waals surface area contributed by atoms with Gasteiger partial charge in [0.15, 0.2) is 0 Å². The first-order chi connectivity index (χ1) is 4.31. The average molecular weight is 201 g/mol. The molecule has 0 heterocycles. The van der Waals surface area contributed by atoms with Crippen molar-refractivity contribution in [3.05, 3.63) is 0 Å². The molecule has 0 aromatic carbocycles. The predicted octanol–water partition coefficient (Wildman–Crippen LogP) is 2.62. The lowest BCUT2D eigenvalue weighted by Gasteiger charge is -2.19. The van der Waals surface area contributed by atoms with E-state index in [1.54, 1.807) is 0 Å². The van der Waals surface area contributed by atoms with Gasteiger partial charge in [0.1, 0.15) is 6.61 Å². The van der Waals surface area contributed by atoms with Crippen molar-refractivity contribution in [1.82, 2.24) is 0 Å². The summed E-state index contributed by atoms with van der Waals surface area (Å²) in [6, 6.07) is 0. The quantitative estimate of drug-likeness (QED) is 0.503. The molecule has 0 bridgehead atoms. The van der Waals surface area contributed by atoms with Crippen molar-refractivity contribution < 1.29 is 22.6 Å². The Kier molecular flexibility index (Phi) is 3.19. The molecule has 0 aliphatic carbocycles. The molecule has 0 aromatic heterocycles. The highest BCUT2D eigenvalue weighted by molar-refractivity contribution is 6.32. The Labute approximate surface area is 63.8 Å². The minimum atomic E-state index is -4.35. The highest BCUT2D eigenvalue weighted by atomic mass is 35.5. The van der Waals surface area contributed by atoms with Crippen molar-refractivity contribution in [3.63, 3.8) is 0 Å². The molecule has 0 radical (unpaired) electrons. The Morgan fingerprint density at radius 3 is 1.70 bits per heavy atom. The van der Waals surface area contributed by atoms with E-state index in [-0.39, 0.29) is 0 Å². The van der Waals surface area contributed by atoms with E-state index in [1.165, 1.54) is 0 Å². The third kappa shape index (κ3) is 2.48. The zero-order chi connectivity index (χ0) is 8.41. The van der Waals surface area contributed by atoms with Gasteiger partial charge in [0.25, 0.3) is 5.13 Å². The van der Waals surface area contributed by atoms with Gasteiger partial charge in [-0.25, -0.2) is 4.39 Å². The highest BCUT2D eigenvalue weighted by Gasteiger charge is 2.53. The molecule has 0 saturated carbocycles. The second kappa shape index (κ2) is 3.11. The lowest BCUT2D eigenvalue weighted by Crippen LogP contribution is -2.37. The number of hydrogen-bond donors (Lipinski definition) is 0. The average Bonchev–Trinajstić information content (AvgIpc) is 1.61. The van der Waals surface area contributed by atoms with Crippen LogP contribution in [0.4, 0.5) is 17.7 Å². The van der Waals surface area contributed by atoms with Gasteiger partial charge >= 0.3 is 5.38 Å². The first-order valence-corrected chi connectivity index (χ1v) is 2.75. The summed E-state index contributed by atoms with van der Waals surface area (Å²) in [4.78, 5) is 2.56. The normalized spacial score (nSPS) is 18.6. The molecule has 10 heavy (non-hydrogen) atoms. The summed E-state index contributed by atoms with van der Waals surface area (Å²) in [5.41, 5.74) is 0. The van der Waals surface area contributed by atoms with E-state index in [9.17, 15) is 17.7 Å². The van der Waals surface area contributed by atoms with Crippen LogP contribution in [0.5, 0.6) is 0 Å². The van der Waals surface area contributed by atoms with Gasteiger partial charge in [0, 0.05) is 0 Å². The van der Waals surface area contributed by atoms with Crippen LogP contribution < -0.4 is 0 Å². The van der Waals surface area contributed by atoms with Crippen LogP contribution in [-0.4, -0.2) is 17.1 Å². The third-order valence-corrected chi connectivity index (χ3v) is 1.39. The fourth-order valence-electron chi connectivity index (χ4n) is 0.150. The Morgan fingerprint density at radius 1 is 1.20 bits per heavy atom. The van der Waals surface area contributed by atoms with E-state index < -0.39 is 17.1 Å². The molecule has 0 N–H and O–H groups in total. The van der Waals surface area contributed by atoms with Crippen LogP contribution in [0.3, 0.4) is 0 Å². The van der Waals surface area contributed by atoms with Gasteiger partial charge in [-0.05, 0) is 16.1 Å². The summed E-state index contributed by atoms with van der Waals surface area (Å²) in [5, 5.41) is -8.05. The van der Waals surface area contributed by atoms with E-state index in [2.05, 4.69) is 28.1 Å². The Hall–Kier alpha value is 0.260. The summed E-state index contributed by atoms with van der Waals surface area (Å²) in [7, 11) is 0. The molecule has 7 heteroatoms. The van der Waals surface area contributed by atoms with Crippen LogP contribution in [0.1, 0.15) is 0 Å². The molecule has 0 spiro atoms. The van der Waals surface area contributed by atoms with Crippen molar-refractivity contribution in [2.75, 3.05) is 6.61 Å². The zero-order valence-corrected chi connectivity index (χ0v) is 5.89. The van der Waals surface area contributed by atoms with Gasteiger partial charge in [-0.1, -0.05) is 11.6 Å². The van der Waals surface area contributed by atoms with Crippen LogP contribution in [0, 0.1) is 0 Å². The minimum Gasteiger partial charge on any atom is -0.215 e. The SMILES string of the molecule is FOCC(F)(Cl)C(F)(F)Cl. The second-order valence-corrected chi connectivity index (χ2v) is 2.53. The number of halogens is 6. The van der Waals surface area contributed by atoms with Crippen LogP contribution >= 0.6 is 23.2 Å².